The van der Waals surface area contributed by atoms with Crippen molar-refractivity contribution in [3.63, 3.8) is 0 Å². The molecule has 31 heavy (non-hydrogen) atoms. The van der Waals surface area contributed by atoms with E-state index in [1.807, 2.05) is 6.92 Å². The molecule has 162 valence electrons. The summed E-state index contributed by atoms with van der Waals surface area (Å²) in [7, 11) is 0. The fraction of sp³-hybridized carbons (Fsp3) is 0.458. The minimum Gasteiger partial charge on any atom is -0.486 e. The van der Waals surface area contributed by atoms with Crippen LogP contribution in [0.1, 0.15) is 68.1 Å². The van der Waals surface area contributed by atoms with Crippen molar-refractivity contribution in [2.75, 3.05) is 26.3 Å². The molecule has 1 aliphatic carbocycles. The number of ether oxygens (including phenoxy) is 2. The number of fused-ring (bicyclic) bond motifs is 2. The lowest BCUT2D eigenvalue weighted by atomic mass is 9.88. The summed E-state index contributed by atoms with van der Waals surface area (Å²) >= 11 is 0. The first kappa shape index (κ1) is 19.8. The molecule has 7 nitrogen and oxygen atoms in total. The zero-order valence-corrected chi connectivity index (χ0v) is 17.7. The van der Waals surface area contributed by atoms with Gasteiger partial charge in [-0.1, -0.05) is 0 Å². The molecule has 2 aromatic rings. The van der Waals surface area contributed by atoms with Gasteiger partial charge in [0.2, 0.25) is 0 Å². The van der Waals surface area contributed by atoms with Crippen molar-refractivity contribution in [3.05, 3.63) is 46.3 Å². The van der Waals surface area contributed by atoms with Crippen LogP contribution in [0.4, 0.5) is 0 Å². The third-order valence-corrected chi connectivity index (χ3v) is 6.63. The largest absolute Gasteiger partial charge is 0.486 e. The molecule has 3 aliphatic rings. The predicted octanol–water partition coefficient (Wildman–Crippen LogP) is 3.35. The standard InChI is InChI=1S/C24H26N2O5/c1-14-21-17(3-2-4-18(21)27)25-22(14)24(29)26-9-7-15(8-10-26)23(28)16-5-6-19-20(13-16)31-12-11-30-19/h5-6,13,15,25H,2-4,7-12H2,1H3. The van der Waals surface area contributed by atoms with Crippen LogP contribution in [-0.2, 0) is 6.42 Å². The van der Waals surface area contributed by atoms with Gasteiger partial charge in [0.1, 0.15) is 18.9 Å². The molecular formula is C24H26N2O5. The molecule has 1 saturated heterocycles. The van der Waals surface area contributed by atoms with E-state index in [9.17, 15) is 14.4 Å². The molecule has 1 aromatic heterocycles. The lowest BCUT2D eigenvalue weighted by molar-refractivity contribution is 0.0645. The Morgan fingerprint density at radius 1 is 1.06 bits per heavy atom. The van der Waals surface area contributed by atoms with E-state index in [0.717, 1.165) is 24.1 Å². The number of rotatable bonds is 3. The first-order valence-corrected chi connectivity index (χ1v) is 11.0. The van der Waals surface area contributed by atoms with Crippen LogP contribution in [0.2, 0.25) is 0 Å². The average Bonchev–Trinajstić information content (AvgIpc) is 3.15. The molecule has 1 aromatic carbocycles. The number of hydrogen-bond acceptors (Lipinski definition) is 5. The molecule has 2 aliphatic heterocycles. The SMILES string of the molecule is Cc1c(C(=O)N2CCC(C(=O)c3ccc4c(c3)OCCO4)CC2)[nH]c2c1C(=O)CCC2. The Kier molecular flexibility index (Phi) is 5.04. The van der Waals surface area contributed by atoms with Crippen LogP contribution >= 0.6 is 0 Å². The summed E-state index contributed by atoms with van der Waals surface area (Å²) in [5, 5.41) is 0. The van der Waals surface area contributed by atoms with E-state index in [1.54, 1.807) is 23.1 Å². The number of aryl methyl sites for hydroxylation is 1. The van der Waals surface area contributed by atoms with Gasteiger partial charge in [0.15, 0.2) is 23.1 Å². The van der Waals surface area contributed by atoms with Gasteiger partial charge in [0, 0.05) is 42.2 Å². The lowest BCUT2D eigenvalue weighted by Gasteiger charge is -2.31. The number of Topliss-reactive ketones (excluding diaryl/α,β-unsaturated/α-hetero) is 2. The van der Waals surface area contributed by atoms with E-state index in [1.165, 1.54) is 0 Å². The summed E-state index contributed by atoms with van der Waals surface area (Å²) in [6.07, 6.45) is 3.43. The number of hydrogen-bond donors (Lipinski definition) is 1. The second-order valence-corrected chi connectivity index (χ2v) is 8.54. The van der Waals surface area contributed by atoms with Crippen LogP contribution in [0.5, 0.6) is 11.5 Å². The molecule has 0 unspecified atom stereocenters. The maximum absolute atomic E-state index is 13.1. The van der Waals surface area contributed by atoms with Crippen molar-refractivity contribution in [2.24, 2.45) is 5.92 Å². The molecule has 1 amide bonds. The average molecular weight is 422 g/mol. The van der Waals surface area contributed by atoms with Crippen molar-refractivity contribution >= 4 is 17.5 Å². The molecular weight excluding hydrogens is 396 g/mol. The van der Waals surface area contributed by atoms with Crippen LogP contribution in [0.15, 0.2) is 18.2 Å². The van der Waals surface area contributed by atoms with Gasteiger partial charge in [-0.3, -0.25) is 14.4 Å². The highest BCUT2D eigenvalue weighted by Gasteiger charge is 2.32. The molecule has 0 bridgehead atoms. The van der Waals surface area contributed by atoms with Crippen molar-refractivity contribution in [3.8, 4) is 11.5 Å². The van der Waals surface area contributed by atoms with E-state index < -0.39 is 0 Å². The first-order chi connectivity index (χ1) is 15.0. The van der Waals surface area contributed by atoms with Crippen molar-refractivity contribution < 1.29 is 23.9 Å². The summed E-state index contributed by atoms with van der Waals surface area (Å²) in [4.78, 5) is 43.4. The molecule has 1 N–H and O–H groups in total. The minimum absolute atomic E-state index is 0.0788. The third-order valence-electron chi connectivity index (χ3n) is 6.63. The fourth-order valence-corrected chi connectivity index (χ4v) is 4.92. The lowest BCUT2D eigenvalue weighted by Crippen LogP contribution is -2.40. The Morgan fingerprint density at radius 2 is 1.81 bits per heavy atom. The summed E-state index contributed by atoms with van der Waals surface area (Å²) < 4.78 is 11.1. The maximum atomic E-state index is 13.1. The molecule has 7 heteroatoms. The number of carbonyl (C=O) groups excluding carboxylic acids is 3. The normalized spacial score (nSPS) is 18.6. The number of nitrogens with zero attached hydrogens (tertiary/aromatic N) is 1. The summed E-state index contributed by atoms with van der Waals surface area (Å²) in [5.74, 6) is 1.30. The van der Waals surface area contributed by atoms with Crippen LogP contribution in [0.3, 0.4) is 0 Å². The molecule has 0 radical (unpaired) electrons. The topological polar surface area (TPSA) is 88.7 Å². The smallest absolute Gasteiger partial charge is 0.270 e. The van der Waals surface area contributed by atoms with Crippen molar-refractivity contribution in [1.82, 2.24) is 9.88 Å². The van der Waals surface area contributed by atoms with Gasteiger partial charge < -0.3 is 19.4 Å². The molecule has 0 atom stereocenters. The second-order valence-electron chi connectivity index (χ2n) is 8.54. The zero-order valence-electron chi connectivity index (χ0n) is 17.7. The van der Waals surface area contributed by atoms with E-state index in [4.69, 9.17) is 9.47 Å². The molecule has 5 rings (SSSR count). The summed E-state index contributed by atoms with van der Waals surface area (Å²) in [5.41, 5.74) is 3.51. The number of ketones is 2. The summed E-state index contributed by atoms with van der Waals surface area (Å²) in [6, 6.07) is 5.34. The first-order valence-electron chi connectivity index (χ1n) is 11.0. The van der Waals surface area contributed by atoms with E-state index >= 15 is 0 Å². The number of benzene rings is 1. The second kappa shape index (κ2) is 7.87. The van der Waals surface area contributed by atoms with Gasteiger partial charge in [0.05, 0.1) is 0 Å². The fourth-order valence-electron chi connectivity index (χ4n) is 4.92. The van der Waals surface area contributed by atoms with Crippen LogP contribution in [0, 0.1) is 12.8 Å². The van der Waals surface area contributed by atoms with E-state index in [-0.39, 0.29) is 23.4 Å². The molecule has 1 fully saturated rings. The number of piperidine rings is 1. The number of likely N-dealkylation sites (tertiary alicyclic amines) is 1. The maximum Gasteiger partial charge on any atom is 0.270 e. The molecule has 0 saturated carbocycles. The molecule has 3 heterocycles. The Balaban J connectivity index is 1.26. The number of aromatic amines is 1. The Morgan fingerprint density at radius 3 is 2.55 bits per heavy atom. The quantitative estimate of drug-likeness (QED) is 0.767. The zero-order chi connectivity index (χ0) is 21.5. The Hall–Kier alpha value is -3.09. The Bertz CT molecular complexity index is 1060. The van der Waals surface area contributed by atoms with Gasteiger partial charge in [0.25, 0.3) is 5.91 Å². The highest BCUT2D eigenvalue weighted by molar-refractivity contribution is 6.04. The number of aromatic nitrogens is 1. The predicted molar refractivity (Wildman–Crippen MR) is 113 cm³/mol. The third kappa shape index (κ3) is 3.52. The monoisotopic (exact) mass is 422 g/mol. The molecule has 0 spiro atoms. The van der Waals surface area contributed by atoms with Gasteiger partial charge in [-0.2, -0.15) is 0 Å². The number of amides is 1. The highest BCUT2D eigenvalue weighted by atomic mass is 16.6. The van der Waals surface area contributed by atoms with Gasteiger partial charge in [-0.25, -0.2) is 0 Å². The van der Waals surface area contributed by atoms with Crippen LogP contribution in [0.25, 0.3) is 0 Å². The van der Waals surface area contributed by atoms with Crippen LogP contribution in [-0.4, -0.2) is 53.7 Å². The van der Waals surface area contributed by atoms with Crippen molar-refractivity contribution in [1.29, 1.82) is 0 Å². The number of nitrogens with one attached hydrogen (secondary N) is 1. The van der Waals surface area contributed by atoms with Gasteiger partial charge in [-0.15, -0.1) is 0 Å². The van der Waals surface area contributed by atoms with E-state index in [0.29, 0.717) is 73.9 Å². The van der Waals surface area contributed by atoms with Gasteiger partial charge >= 0.3 is 0 Å². The van der Waals surface area contributed by atoms with Gasteiger partial charge in [-0.05, 0) is 56.4 Å². The minimum atomic E-state index is -0.119. The highest BCUT2D eigenvalue weighted by Crippen LogP contribution is 2.33. The number of carbonyl (C=O) groups is 3. The number of H-pyrrole nitrogens is 1. The van der Waals surface area contributed by atoms with Crippen LogP contribution < -0.4 is 9.47 Å². The Labute approximate surface area is 180 Å². The van der Waals surface area contributed by atoms with E-state index in [2.05, 4.69) is 4.98 Å². The summed E-state index contributed by atoms with van der Waals surface area (Å²) in [6.45, 7) is 3.90. The van der Waals surface area contributed by atoms with Crippen molar-refractivity contribution in [2.45, 2.75) is 39.0 Å².